The minimum Gasteiger partial charge on any atom is -0.310 e. The van der Waals surface area contributed by atoms with Gasteiger partial charge in [-0.3, -0.25) is 0 Å². The molecule has 0 aliphatic rings. The summed E-state index contributed by atoms with van der Waals surface area (Å²) in [4.78, 5) is 2.37. The molecule has 0 atom stereocenters. The van der Waals surface area contributed by atoms with Crippen LogP contribution in [0.2, 0.25) is 0 Å². The molecule has 2 nitrogen and oxygen atoms in total. The standard InChI is InChI=1S/C49H34N2S/c1-33-15-23-38(24-16-33)50(39-25-21-37(22-26-39)36-19-17-35(18-20-36)34-9-3-2-4-10-34)41-27-29-43-42-11-5-7-13-46(42)51(47(43)32-41)40-28-30-49-45(31-40)44-12-6-8-14-48(44)52-49/h2-32H,1H3. The third-order valence-electron chi connectivity index (χ3n) is 10.3. The summed E-state index contributed by atoms with van der Waals surface area (Å²) >= 11 is 1.86. The van der Waals surface area contributed by atoms with Gasteiger partial charge in [0, 0.05) is 53.7 Å². The van der Waals surface area contributed by atoms with E-state index in [2.05, 4.69) is 204 Å². The van der Waals surface area contributed by atoms with E-state index in [-0.39, 0.29) is 0 Å². The van der Waals surface area contributed by atoms with E-state index < -0.39 is 0 Å². The number of anilines is 3. The van der Waals surface area contributed by atoms with Crippen molar-refractivity contribution in [1.82, 2.24) is 4.57 Å². The van der Waals surface area contributed by atoms with Crippen molar-refractivity contribution < 1.29 is 0 Å². The molecule has 0 spiro atoms. The van der Waals surface area contributed by atoms with Gasteiger partial charge in [-0.05, 0) is 95.9 Å². The van der Waals surface area contributed by atoms with Crippen molar-refractivity contribution in [2.75, 3.05) is 4.90 Å². The molecule has 0 amide bonds. The fraction of sp³-hybridized carbons (Fsp3) is 0.0204. The molecule has 0 bridgehead atoms. The van der Waals surface area contributed by atoms with Gasteiger partial charge in [0.05, 0.1) is 11.0 Å². The van der Waals surface area contributed by atoms with Crippen LogP contribution in [0.3, 0.4) is 0 Å². The Kier molecular flexibility index (Phi) is 7.26. The van der Waals surface area contributed by atoms with E-state index in [1.165, 1.54) is 75.5 Å². The number of aromatic nitrogens is 1. The zero-order valence-corrected chi connectivity index (χ0v) is 29.5. The second-order valence-corrected chi connectivity index (χ2v) is 14.6. The normalized spacial score (nSPS) is 11.6. The van der Waals surface area contributed by atoms with E-state index in [0.717, 1.165) is 17.1 Å². The molecule has 0 radical (unpaired) electrons. The minimum atomic E-state index is 1.11. The van der Waals surface area contributed by atoms with Crippen LogP contribution < -0.4 is 4.90 Å². The quantitative estimate of drug-likeness (QED) is 0.169. The first-order valence-electron chi connectivity index (χ1n) is 17.8. The first-order valence-corrected chi connectivity index (χ1v) is 18.6. The molecular formula is C49H34N2S. The number of rotatable bonds is 6. The summed E-state index contributed by atoms with van der Waals surface area (Å²) in [5.74, 6) is 0. The van der Waals surface area contributed by atoms with Crippen LogP contribution in [0.15, 0.2) is 188 Å². The molecule has 0 saturated carbocycles. The summed E-state index contributed by atoms with van der Waals surface area (Å²) in [6.07, 6.45) is 0. The summed E-state index contributed by atoms with van der Waals surface area (Å²) in [7, 11) is 0. The molecule has 10 aromatic rings. The highest BCUT2D eigenvalue weighted by Gasteiger charge is 2.18. The number of thiophene rings is 1. The third kappa shape index (κ3) is 5.17. The number of para-hydroxylation sites is 1. The number of nitrogens with zero attached hydrogens (tertiary/aromatic N) is 2. The predicted octanol–water partition coefficient (Wildman–Crippen LogP) is 14.3. The number of benzene rings is 8. The van der Waals surface area contributed by atoms with Crippen LogP contribution in [0, 0.1) is 6.92 Å². The number of aryl methyl sites for hydroxylation is 1. The molecule has 8 aromatic carbocycles. The molecule has 0 aliphatic carbocycles. The van der Waals surface area contributed by atoms with E-state index in [4.69, 9.17) is 0 Å². The highest BCUT2D eigenvalue weighted by Crippen LogP contribution is 2.41. The fourth-order valence-electron chi connectivity index (χ4n) is 7.66. The van der Waals surface area contributed by atoms with Gasteiger partial charge in [0.2, 0.25) is 0 Å². The lowest BCUT2D eigenvalue weighted by molar-refractivity contribution is 1.18. The third-order valence-corrected chi connectivity index (χ3v) is 11.4. The van der Waals surface area contributed by atoms with Crippen LogP contribution in [0.1, 0.15) is 5.56 Å². The molecule has 0 fully saturated rings. The average molecular weight is 683 g/mol. The number of hydrogen-bond acceptors (Lipinski definition) is 2. The zero-order valence-electron chi connectivity index (χ0n) is 28.7. The van der Waals surface area contributed by atoms with Crippen LogP contribution in [-0.2, 0) is 0 Å². The summed E-state index contributed by atoms with van der Waals surface area (Å²) in [5.41, 5.74) is 13.0. The minimum absolute atomic E-state index is 1.11. The molecule has 3 heteroatoms. The molecule has 0 saturated heterocycles. The van der Waals surface area contributed by atoms with E-state index >= 15 is 0 Å². The maximum atomic E-state index is 2.44. The van der Waals surface area contributed by atoms with Gasteiger partial charge in [-0.25, -0.2) is 0 Å². The molecule has 0 aliphatic heterocycles. The molecule has 0 unspecified atom stereocenters. The number of hydrogen-bond donors (Lipinski definition) is 0. The Morgan fingerprint density at radius 1 is 0.385 bits per heavy atom. The van der Waals surface area contributed by atoms with Crippen molar-refractivity contribution in [2.45, 2.75) is 6.92 Å². The Balaban J connectivity index is 1.10. The van der Waals surface area contributed by atoms with Crippen LogP contribution in [0.4, 0.5) is 17.1 Å². The van der Waals surface area contributed by atoms with Gasteiger partial charge in [-0.1, -0.05) is 127 Å². The molecule has 52 heavy (non-hydrogen) atoms. The van der Waals surface area contributed by atoms with Crippen molar-refractivity contribution >= 4 is 70.4 Å². The first kappa shape index (κ1) is 30.4. The Hall–Kier alpha value is -6.42. The van der Waals surface area contributed by atoms with Gasteiger partial charge in [-0.15, -0.1) is 11.3 Å². The van der Waals surface area contributed by atoms with E-state index in [9.17, 15) is 0 Å². The lowest BCUT2D eigenvalue weighted by Gasteiger charge is -2.26. The van der Waals surface area contributed by atoms with Crippen molar-refractivity contribution in [2.24, 2.45) is 0 Å². The van der Waals surface area contributed by atoms with E-state index in [1.54, 1.807) is 0 Å². The lowest BCUT2D eigenvalue weighted by atomic mass is 10.00. The molecule has 10 rings (SSSR count). The largest absolute Gasteiger partial charge is 0.310 e. The van der Waals surface area contributed by atoms with Crippen molar-refractivity contribution in [1.29, 1.82) is 0 Å². The monoisotopic (exact) mass is 682 g/mol. The summed E-state index contributed by atoms with van der Waals surface area (Å²) in [6.45, 7) is 2.14. The topological polar surface area (TPSA) is 8.17 Å². The van der Waals surface area contributed by atoms with Gasteiger partial charge in [-0.2, -0.15) is 0 Å². The van der Waals surface area contributed by atoms with Crippen LogP contribution in [-0.4, -0.2) is 4.57 Å². The SMILES string of the molecule is Cc1ccc(N(c2ccc(-c3ccc(-c4ccccc4)cc3)cc2)c2ccc3c4ccccc4n(-c4ccc5sc6ccccc6c5c4)c3c2)cc1. The van der Waals surface area contributed by atoms with Gasteiger partial charge >= 0.3 is 0 Å². The Bertz CT molecular complexity index is 2880. The highest BCUT2D eigenvalue weighted by atomic mass is 32.1. The second kappa shape index (κ2) is 12.4. The van der Waals surface area contributed by atoms with E-state index in [1.807, 2.05) is 11.3 Å². The summed E-state index contributed by atoms with van der Waals surface area (Å²) in [6, 6.07) is 68.6. The summed E-state index contributed by atoms with van der Waals surface area (Å²) in [5, 5.41) is 5.11. The smallest absolute Gasteiger partial charge is 0.0561 e. The Morgan fingerprint density at radius 2 is 0.923 bits per heavy atom. The zero-order chi connectivity index (χ0) is 34.6. The molecule has 2 aromatic heterocycles. The summed E-state index contributed by atoms with van der Waals surface area (Å²) < 4.78 is 5.07. The van der Waals surface area contributed by atoms with Gasteiger partial charge in [0.25, 0.3) is 0 Å². The van der Waals surface area contributed by atoms with Crippen LogP contribution in [0.5, 0.6) is 0 Å². The maximum absolute atomic E-state index is 2.44. The van der Waals surface area contributed by atoms with Crippen molar-refractivity contribution in [3.05, 3.63) is 194 Å². The van der Waals surface area contributed by atoms with Crippen LogP contribution in [0.25, 0.3) is 69.9 Å². The van der Waals surface area contributed by atoms with Gasteiger partial charge in [0.1, 0.15) is 0 Å². The Labute approximate surface area is 307 Å². The van der Waals surface area contributed by atoms with Crippen molar-refractivity contribution in [3.8, 4) is 27.9 Å². The molecule has 0 N–H and O–H groups in total. The lowest BCUT2D eigenvalue weighted by Crippen LogP contribution is -2.10. The second-order valence-electron chi connectivity index (χ2n) is 13.5. The maximum Gasteiger partial charge on any atom is 0.0561 e. The molecule has 246 valence electrons. The molecule has 2 heterocycles. The van der Waals surface area contributed by atoms with Gasteiger partial charge in [0.15, 0.2) is 0 Å². The van der Waals surface area contributed by atoms with Crippen molar-refractivity contribution in [3.63, 3.8) is 0 Å². The van der Waals surface area contributed by atoms with Gasteiger partial charge < -0.3 is 9.47 Å². The Morgan fingerprint density at radius 3 is 1.65 bits per heavy atom. The predicted molar refractivity (Wildman–Crippen MR) is 224 cm³/mol. The molecular weight excluding hydrogens is 649 g/mol. The highest BCUT2D eigenvalue weighted by molar-refractivity contribution is 7.25. The number of fused-ring (bicyclic) bond motifs is 6. The van der Waals surface area contributed by atoms with E-state index in [0.29, 0.717) is 0 Å². The first-order chi connectivity index (χ1) is 25.7. The van der Waals surface area contributed by atoms with Crippen LogP contribution >= 0.6 is 11.3 Å². The fourth-order valence-corrected chi connectivity index (χ4v) is 8.75. The average Bonchev–Trinajstić information content (AvgIpc) is 3.74.